The predicted molar refractivity (Wildman–Crippen MR) is 91.5 cm³/mol. The molecular formula is C14H13FN6O3S2. The van der Waals surface area contributed by atoms with Crippen LogP contribution in [0.15, 0.2) is 41.8 Å². The zero-order valence-corrected chi connectivity index (χ0v) is 15.0. The van der Waals surface area contributed by atoms with Gasteiger partial charge < -0.3 is 9.88 Å². The molecule has 1 amide bonds. The number of benzene rings is 1. The van der Waals surface area contributed by atoms with Crippen molar-refractivity contribution in [3.05, 3.63) is 52.6 Å². The first kappa shape index (κ1) is 18.1. The first-order valence-electron chi connectivity index (χ1n) is 7.21. The molecule has 26 heavy (non-hydrogen) atoms. The number of hydrogen-bond acceptors (Lipinski definition) is 7. The van der Waals surface area contributed by atoms with Gasteiger partial charge in [-0.1, -0.05) is 23.5 Å². The van der Waals surface area contributed by atoms with Gasteiger partial charge in [0.15, 0.2) is 5.03 Å². The standard InChI is InChI=1S/C14H13FN6O3S2/c1-21-7-12(16-8-21)26(23,24)17-6-11-19-20-14(25-11)13(22)18-10-5-3-2-4-9(10)15/h2-5,7-8,17H,6H2,1H3,(H,18,22). The van der Waals surface area contributed by atoms with Crippen LogP contribution >= 0.6 is 11.3 Å². The van der Waals surface area contributed by atoms with Crippen molar-refractivity contribution < 1.29 is 17.6 Å². The number of sulfonamides is 1. The van der Waals surface area contributed by atoms with E-state index >= 15 is 0 Å². The summed E-state index contributed by atoms with van der Waals surface area (Å²) in [6.07, 6.45) is 2.72. The number of aromatic nitrogens is 4. The van der Waals surface area contributed by atoms with Gasteiger partial charge in [0.25, 0.3) is 15.9 Å². The van der Waals surface area contributed by atoms with Crippen molar-refractivity contribution in [1.82, 2.24) is 24.5 Å². The predicted octanol–water partition coefficient (Wildman–Crippen LogP) is 1.14. The second-order valence-electron chi connectivity index (χ2n) is 5.14. The van der Waals surface area contributed by atoms with E-state index in [0.717, 1.165) is 11.3 Å². The maximum atomic E-state index is 13.6. The zero-order chi connectivity index (χ0) is 18.7. The average molecular weight is 396 g/mol. The van der Waals surface area contributed by atoms with E-state index in [1.807, 2.05) is 0 Å². The molecule has 0 saturated carbocycles. The van der Waals surface area contributed by atoms with Gasteiger partial charge in [0.05, 0.1) is 18.6 Å². The van der Waals surface area contributed by atoms with Crippen LogP contribution in [0.3, 0.4) is 0 Å². The lowest BCUT2D eigenvalue weighted by molar-refractivity contribution is 0.102. The highest BCUT2D eigenvalue weighted by atomic mass is 32.2. The van der Waals surface area contributed by atoms with Crippen LogP contribution in [0.5, 0.6) is 0 Å². The van der Waals surface area contributed by atoms with Crippen molar-refractivity contribution in [1.29, 1.82) is 0 Å². The fourth-order valence-corrected chi connectivity index (χ4v) is 3.64. The lowest BCUT2D eigenvalue weighted by Crippen LogP contribution is -2.23. The summed E-state index contributed by atoms with van der Waals surface area (Å²) in [5, 5.41) is 9.99. The molecule has 2 N–H and O–H groups in total. The van der Waals surface area contributed by atoms with Crippen LogP contribution in [0, 0.1) is 5.82 Å². The van der Waals surface area contributed by atoms with Crippen LogP contribution in [0.25, 0.3) is 0 Å². The van der Waals surface area contributed by atoms with E-state index in [-0.39, 0.29) is 27.3 Å². The Balaban J connectivity index is 1.64. The number of amides is 1. The highest BCUT2D eigenvalue weighted by Crippen LogP contribution is 2.16. The van der Waals surface area contributed by atoms with Crippen molar-refractivity contribution in [3.63, 3.8) is 0 Å². The molecule has 0 aliphatic carbocycles. The van der Waals surface area contributed by atoms with Crippen molar-refractivity contribution >= 4 is 33.0 Å². The van der Waals surface area contributed by atoms with Gasteiger partial charge in [0.1, 0.15) is 10.8 Å². The number of halogens is 1. The Bertz CT molecular complexity index is 1050. The Kier molecular flexibility index (Phi) is 5.06. The highest BCUT2D eigenvalue weighted by molar-refractivity contribution is 7.89. The topological polar surface area (TPSA) is 119 Å². The van der Waals surface area contributed by atoms with E-state index in [4.69, 9.17) is 0 Å². The number of nitrogens with zero attached hydrogens (tertiary/aromatic N) is 4. The average Bonchev–Trinajstić information content (AvgIpc) is 3.24. The van der Waals surface area contributed by atoms with E-state index in [0.29, 0.717) is 0 Å². The molecule has 0 radical (unpaired) electrons. The minimum Gasteiger partial charge on any atom is -0.339 e. The van der Waals surface area contributed by atoms with E-state index < -0.39 is 21.7 Å². The maximum absolute atomic E-state index is 13.6. The molecule has 0 fully saturated rings. The molecule has 2 heterocycles. The van der Waals surface area contributed by atoms with Crippen LogP contribution in [-0.2, 0) is 23.6 Å². The molecule has 0 aliphatic rings. The lowest BCUT2D eigenvalue weighted by Gasteiger charge is -2.03. The Labute approximate surface area is 152 Å². The highest BCUT2D eigenvalue weighted by Gasteiger charge is 2.19. The third-order valence-electron chi connectivity index (χ3n) is 3.15. The van der Waals surface area contributed by atoms with Crippen LogP contribution in [0.4, 0.5) is 10.1 Å². The van der Waals surface area contributed by atoms with E-state index in [1.54, 1.807) is 13.1 Å². The van der Waals surface area contributed by atoms with Crippen LogP contribution in [0.1, 0.15) is 14.8 Å². The van der Waals surface area contributed by atoms with Crippen molar-refractivity contribution in [2.24, 2.45) is 7.05 Å². The number of imidazole rings is 1. The molecule has 136 valence electrons. The minimum absolute atomic E-state index is 0.0136. The van der Waals surface area contributed by atoms with E-state index in [9.17, 15) is 17.6 Å². The number of hydrogen-bond donors (Lipinski definition) is 2. The molecular weight excluding hydrogens is 383 g/mol. The fourth-order valence-electron chi connectivity index (χ4n) is 1.91. The quantitative estimate of drug-likeness (QED) is 0.645. The smallest absolute Gasteiger partial charge is 0.286 e. The van der Waals surface area contributed by atoms with Gasteiger partial charge in [-0.15, -0.1) is 10.2 Å². The van der Waals surface area contributed by atoms with Crippen molar-refractivity contribution in [3.8, 4) is 0 Å². The summed E-state index contributed by atoms with van der Waals surface area (Å²) in [5.41, 5.74) is 0.0186. The summed E-state index contributed by atoms with van der Waals surface area (Å²) < 4.78 is 41.6. The van der Waals surface area contributed by atoms with Gasteiger partial charge in [-0.2, -0.15) is 0 Å². The Hall–Kier alpha value is -2.70. The number of carbonyl (C=O) groups is 1. The number of aryl methyl sites for hydroxylation is 1. The zero-order valence-electron chi connectivity index (χ0n) is 13.4. The molecule has 0 spiro atoms. The molecule has 0 atom stereocenters. The summed E-state index contributed by atoms with van der Waals surface area (Å²) in [6.45, 7) is -0.149. The van der Waals surface area contributed by atoms with E-state index in [1.165, 1.54) is 35.3 Å². The normalized spacial score (nSPS) is 11.5. The van der Waals surface area contributed by atoms with Crippen LogP contribution in [-0.4, -0.2) is 34.1 Å². The Morgan fingerprint density at radius 3 is 2.77 bits per heavy atom. The van der Waals surface area contributed by atoms with Crippen molar-refractivity contribution in [2.45, 2.75) is 11.6 Å². The second kappa shape index (κ2) is 7.27. The van der Waals surface area contributed by atoms with Crippen LogP contribution in [0.2, 0.25) is 0 Å². The SMILES string of the molecule is Cn1cnc(S(=O)(=O)NCc2nnc(C(=O)Nc3ccccc3F)s2)c1. The first-order chi connectivity index (χ1) is 12.3. The molecule has 0 unspecified atom stereocenters. The van der Waals surface area contributed by atoms with Gasteiger partial charge in [0, 0.05) is 13.2 Å². The van der Waals surface area contributed by atoms with E-state index in [2.05, 4.69) is 25.2 Å². The molecule has 12 heteroatoms. The Morgan fingerprint density at radius 1 is 1.31 bits per heavy atom. The molecule has 0 saturated heterocycles. The first-order valence-corrected chi connectivity index (χ1v) is 9.51. The second-order valence-corrected chi connectivity index (χ2v) is 7.91. The van der Waals surface area contributed by atoms with Gasteiger partial charge in [0.2, 0.25) is 5.01 Å². The summed E-state index contributed by atoms with van der Waals surface area (Å²) >= 11 is 0.898. The van der Waals surface area contributed by atoms with Crippen LogP contribution < -0.4 is 10.0 Å². The van der Waals surface area contributed by atoms with Gasteiger partial charge in [-0.25, -0.2) is 22.5 Å². The maximum Gasteiger partial charge on any atom is 0.286 e. The molecule has 9 nitrogen and oxygen atoms in total. The van der Waals surface area contributed by atoms with Gasteiger partial charge in [-0.05, 0) is 12.1 Å². The Morgan fingerprint density at radius 2 is 2.08 bits per heavy atom. The third-order valence-corrected chi connectivity index (χ3v) is 5.36. The molecule has 2 aromatic heterocycles. The summed E-state index contributed by atoms with van der Waals surface area (Å²) in [6, 6.07) is 5.71. The van der Waals surface area contributed by atoms with Gasteiger partial charge in [-0.3, -0.25) is 4.79 Å². The van der Waals surface area contributed by atoms with Gasteiger partial charge >= 0.3 is 0 Å². The summed E-state index contributed by atoms with van der Waals surface area (Å²) in [4.78, 5) is 15.9. The largest absolute Gasteiger partial charge is 0.339 e. The number of para-hydroxylation sites is 1. The number of nitrogens with one attached hydrogen (secondary N) is 2. The fraction of sp³-hybridized carbons (Fsp3) is 0.143. The number of rotatable bonds is 6. The molecule has 0 aliphatic heterocycles. The monoisotopic (exact) mass is 396 g/mol. The number of carbonyl (C=O) groups excluding carboxylic acids is 1. The molecule has 0 bridgehead atoms. The van der Waals surface area contributed by atoms with Crippen molar-refractivity contribution in [2.75, 3.05) is 5.32 Å². The number of anilines is 1. The minimum atomic E-state index is -3.80. The third kappa shape index (κ3) is 4.09. The summed E-state index contributed by atoms with van der Waals surface area (Å²) in [7, 11) is -2.15. The molecule has 3 rings (SSSR count). The molecule has 3 aromatic rings. The molecule has 1 aromatic carbocycles. The summed E-state index contributed by atoms with van der Waals surface area (Å²) in [5.74, 6) is -1.21. The lowest BCUT2D eigenvalue weighted by atomic mass is 10.3.